The van der Waals surface area contributed by atoms with Crippen LogP contribution in [0.25, 0.3) is 17.1 Å². The van der Waals surface area contributed by atoms with Crippen LogP contribution in [0.5, 0.6) is 5.75 Å². The third-order valence-electron chi connectivity index (χ3n) is 4.17. The Morgan fingerprint density at radius 2 is 1.90 bits per heavy atom. The number of methoxy groups -OCH3 is 1. The quantitative estimate of drug-likeness (QED) is 0.455. The lowest BCUT2D eigenvalue weighted by Gasteiger charge is -2.11. The van der Waals surface area contributed by atoms with Crippen LogP contribution in [-0.4, -0.2) is 40.1 Å². The monoisotopic (exact) mass is 407 g/mol. The molecule has 1 N–H and O–H groups in total. The first-order chi connectivity index (χ1) is 14.1. The first-order valence-electron chi connectivity index (χ1n) is 9.05. The van der Waals surface area contributed by atoms with E-state index in [1.165, 1.54) is 11.8 Å². The van der Waals surface area contributed by atoms with E-state index in [9.17, 15) is 4.79 Å². The van der Waals surface area contributed by atoms with Crippen molar-refractivity contribution in [2.45, 2.75) is 18.5 Å². The maximum Gasteiger partial charge on any atom is 0.230 e. The maximum atomic E-state index is 12.0. The Hall–Kier alpha value is -3.31. The van der Waals surface area contributed by atoms with E-state index in [0.29, 0.717) is 17.5 Å². The molecule has 3 rings (SSSR count). The molecule has 0 radical (unpaired) electrons. The van der Waals surface area contributed by atoms with E-state index in [-0.39, 0.29) is 18.1 Å². The Bertz CT molecular complexity index is 1010. The van der Waals surface area contributed by atoms with Crippen molar-refractivity contribution in [2.24, 2.45) is 0 Å². The number of rotatable bonds is 8. The van der Waals surface area contributed by atoms with Gasteiger partial charge in [0.25, 0.3) is 0 Å². The summed E-state index contributed by atoms with van der Waals surface area (Å²) in [6.45, 7) is 2.37. The van der Waals surface area contributed by atoms with Gasteiger partial charge in [-0.3, -0.25) is 9.36 Å². The van der Waals surface area contributed by atoms with Gasteiger partial charge in [-0.25, -0.2) is 0 Å². The van der Waals surface area contributed by atoms with E-state index in [2.05, 4.69) is 15.5 Å². The van der Waals surface area contributed by atoms with Gasteiger partial charge < -0.3 is 10.1 Å². The van der Waals surface area contributed by atoms with Gasteiger partial charge in [0, 0.05) is 17.8 Å². The molecule has 0 aliphatic rings. The standard InChI is InChI=1S/C21H21N5O2S/c1-15-4-8-17(9-5-15)26-20(16-6-10-18(28-2)11-7-16)24-25-21(26)29-14-19(27)23-13-3-12-22/h4-11H,3,13-14H2,1-2H3,(H,23,27). The van der Waals surface area contributed by atoms with Crippen molar-refractivity contribution < 1.29 is 9.53 Å². The molecule has 1 amide bonds. The van der Waals surface area contributed by atoms with Gasteiger partial charge in [-0.15, -0.1) is 10.2 Å². The summed E-state index contributed by atoms with van der Waals surface area (Å²) >= 11 is 1.31. The van der Waals surface area contributed by atoms with E-state index in [1.807, 2.05) is 66.1 Å². The number of nitrogens with one attached hydrogen (secondary N) is 1. The number of carbonyl (C=O) groups excluding carboxylic acids is 1. The number of amides is 1. The number of hydrogen-bond acceptors (Lipinski definition) is 6. The number of carbonyl (C=O) groups is 1. The molecule has 1 heterocycles. The molecule has 0 unspecified atom stereocenters. The lowest BCUT2D eigenvalue weighted by atomic mass is 10.2. The van der Waals surface area contributed by atoms with Gasteiger partial charge in [-0.1, -0.05) is 29.5 Å². The van der Waals surface area contributed by atoms with Crippen LogP contribution in [0.15, 0.2) is 53.7 Å². The van der Waals surface area contributed by atoms with Gasteiger partial charge >= 0.3 is 0 Å². The fraction of sp³-hybridized carbons (Fsp3) is 0.238. The zero-order chi connectivity index (χ0) is 20.6. The van der Waals surface area contributed by atoms with Gasteiger partial charge in [0.05, 0.1) is 25.4 Å². The number of aryl methyl sites for hydroxylation is 1. The molecule has 0 saturated heterocycles. The van der Waals surface area contributed by atoms with Crippen LogP contribution in [0.4, 0.5) is 0 Å². The summed E-state index contributed by atoms with van der Waals surface area (Å²) in [5.74, 6) is 1.50. The number of benzene rings is 2. The molecule has 0 aliphatic carbocycles. The maximum absolute atomic E-state index is 12.0. The SMILES string of the molecule is COc1ccc(-c2nnc(SCC(=O)NCCC#N)n2-c2ccc(C)cc2)cc1. The highest BCUT2D eigenvalue weighted by atomic mass is 32.2. The molecular formula is C21H21N5O2S. The highest BCUT2D eigenvalue weighted by Crippen LogP contribution is 2.29. The molecule has 0 bridgehead atoms. The average molecular weight is 407 g/mol. The Labute approximate surface area is 173 Å². The Morgan fingerprint density at radius 3 is 2.55 bits per heavy atom. The minimum absolute atomic E-state index is 0.144. The van der Waals surface area contributed by atoms with Crippen LogP contribution in [0.3, 0.4) is 0 Å². The first kappa shape index (κ1) is 20.4. The van der Waals surface area contributed by atoms with Crippen molar-refractivity contribution in [3.63, 3.8) is 0 Å². The number of aromatic nitrogens is 3. The largest absolute Gasteiger partial charge is 0.497 e. The number of hydrogen-bond donors (Lipinski definition) is 1. The lowest BCUT2D eigenvalue weighted by molar-refractivity contribution is -0.118. The molecule has 0 spiro atoms. The third kappa shape index (κ3) is 5.15. The van der Waals surface area contributed by atoms with Crippen molar-refractivity contribution in [1.82, 2.24) is 20.1 Å². The smallest absolute Gasteiger partial charge is 0.230 e. The number of thioether (sulfide) groups is 1. The van der Waals surface area contributed by atoms with Gasteiger partial charge in [0.15, 0.2) is 11.0 Å². The lowest BCUT2D eigenvalue weighted by Crippen LogP contribution is -2.26. The summed E-state index contributed by atoms with van der Waals surface area (Å²) in [6.07, 6.45) is 0.289. The van der Waals surface area contributed by atoms with E-state index in [0.717, 1.165) is 22.6 Å². The second-order valence-electron chi connectivity index (χ2n) is 6.25. The molecule has 0 aliphatic heterocycles. The van der Waals surface area contributed by atoms with Crippen molar-refractivity contribution in [3.05, 3.63) is 54.1 Å². The van der Waals surface area contributed by atoms with Crippen molar-refractivity contribution in [2.75, 3.05) is 19.4 Å². The molecule has 148 valence electrons. The number of nitrogens with zero attached hydrogens (tertiary/aromatic N) is 4. The van der Waals surface area contributed by atoms with Crippen molar-refractivity contribution in [1.29, 1.82) is 5.26 Å². The van der Waals surface area contributed by atoms with Crippen LogP contribution in [0, 0.1) is 18.3 Å². The summed E-state index contributed by atoms with van der Waals surface area (Å²) in [5.41, 5.74) is 2.96. The fourth-order valence-electron chi connectivity index (χ4n) is 2.66. The van der Waals surface area contributed by atoms with Crippen LogP contribution < -0.4 is 10.1 Å². The number of nitriles is 1. The van der Waals surface area contributed by atoms with Gasteiger partial charge in [0.2, 0.25) is 5.91 Å². The summed E-state index contributed by atoms with van der Waals surface area (Å²) in [5, 5.41) is 20.6. The van der Waals surface area contributed by atoms with E-state index >= 15 is 0 Å². The fourth-order valence-corrected chi connectivity index (χ4v) is 3.44. The molecule has 0 saturated carbocycles. The Morgan fingerprint density at radius 1 is 1.17 bits per heavy atom. The van der Waals surface area contributed by atoms with Crippen LogP contribution in [0.1, 0.15) is 12.0 Å². The third-order valence-corrected chi connectivity index (χ3v) is 5.09. The van der Waals surface area contributed by atoms with E-state index < -0.39 is 0 Å². The normalized spacial score (nSPS) is 10.4. The Kier molecular flexibility index (Phi) is 6.87. The zero-order valence-corrected chi connectivity index (χ0v) is 17.1. The molecule has 29 heavy (non-hydrogen) atoms. The predicted molar refractivity (Wildman–Crippen MR) is 112 cm³/mol. The topological polar surface area (TPSA) is 92.8 Å². The van der Waals surface area contributed by atoms with Gasteiger partial charge in [-0.05, 0) is 43.3 Å². The second-order valence-corrected chi connectivity index (χ2v) is 7.19. The van der Waals surface area contributed by atoms with Crippen LogP contribution in [0.2, 0.25) is 0 Å². The molecule has 1 aromatic heterocycles. The first-order valence-corrected chi connectivity index (χ1v) is 10.0. The second kappa shape index (κ2) is 9.75. The molecular weight excluding hydrogens is 386 g/mol. The molecule has 0 atom stereocenters. The minimum Gasteiger partial charge on any atom is -0.497 e. The van der Waals surface area contributed by atoms with Crippen molar-refractivity contribution in [3.8, 4) is 28.9 Å². The van der Waals surface area contributed by atoms with E-state index in [4.69, 9.17) is 10.00 Å². The minimum atomic E-state index is -0.144. The average Bonchev–Trinajstić information content (AvgIpc) is 3.17. The van der Waals surface area contributed by atoms with Crippen LogP contribution in [-0.2, 0) is 4.79 Å². The highest BCUT2D eigenvalue weighted by Gasteiger charge is 2.17. The molecule has 0 fully saturated rings. The van der Waals surface area contributed by atoms with Crippen molar-refractivity contribution >= 4 is 17.7 Å². The summed E-state index contributed by atoms with van der Waals surface area (Å²) < 4.78 is 7.17. The van der Waals surface area contributed by atoms with E-state index in [1.54, 1.807) is 7.11 Å². The molecule has 8 heteroatoms. The molecule has 3 aromatic rings. The molecule has 7 nitrogen and oxygen atoms in total. The summed E-state index contributed by atoms with van der Waals surface area (Å²) in [4.78, 5) is 12.0. The summed E-state index contributed by atoms with van der Waals surface area (Å²) in [7, 11) is 1.63. The Balaban J connectivity index is 1.90. The van der Waals surface area contributed by atoms with Crippen LogP contribution >= 0.6 is 11.8 Å². The number of ether oxygens (including phenoxy) is 1. The highest BCUT2D eigenvalue weighted by molar-refractivity contribution is 7.99. The van der Waals surface area contributed by atoms with Gasteiger partial charge in [-0.2, -0.15) is 5.26 Å². The molecule has 2 aromatic carbocycles. The predicted octanol–water partition coefficient (Wildman–Crippen LogP) is 3.37. The summed E-state index contributed by atoms with van der Waals surface area (Å²) in [6, 6.07) is 17.7. The van der Waals surface area contributed by atoms with Gasteiger partial charge in [0.1, 0.15) is 5.75 Å². The zero-order valence-electron chi connectivity index (χ0n) is 16.3.